The first-order valence-electron chi connectivity index (χ1n) is 6.55. The van der Waals surface area contributed by atoms with Gasteiger partial charge in [-0.1, -0.05) is 28.9 Å². The van der Waals surface area contributed by atoms with Crippen molar-refractivity contribution in [3.05, 3.63) is 41.2 Å². The van der Waals surface area contributed by atoms with Crippen LogP contribution in [0.3, 0.4) is 0 Å². The second kappa shape index (κ2) is 6.79. The maximum Gasteiger partial charge on any atom is 0.161 e. The molecule has 108 valence electrons. The summed E-state index contributed by atoms with van der Waals surface area (Å²) in [6.07, 6.45) is 0.928. The summed E-state index contributed by atoms with van der Waals surface area (Å²) in [5.41, 5.74) is 3.28. The molecule has 0 bridgehead atoms. The molecule has 0 saturated heterocycles. The van der Waals surface area contributed by atoms with Crippen LogP contribution >= 0.6 is 15.9 Å². The summed E-state index contributed by atoms with van der Waals surface area (Å²) in [6, 6.07) is 8.00. The van der Waals surface area contributed by atoms with Crippen molar-refractivity contribution in [2.24, 2.45) is 7.05 Å². The lowest BCUT2D eigenvalue weighted by molar-refractivity contribution is 0.275. The number of benzene rings is 1. The van der Waals surface area contributed by atoms with Crippen LogP contribution in [-0.4, -0.2) is 16.9 Å². The van der Waals surface area contributed by atoms with Gasteiger partial charge in [0.15, 0.2) is 11.5 Å². The minimum Gasteiger partial charge on any atom is -0.493 e. The van der Waals surface area contributed by atoms with Gasteiger partial charge in [0.25, 0.3) is 0 Å². The first kappa shape index (κ1) is 14.9. The van der Waals surface area contributed by atoms with Crippen molar-refractivity contribution in [1.82, 2.24) is 9.78 Å². The molecule has 0 amide bonds. The third-order valence-corrected chi connectivity index (χ3v) is 3.79. The van der Waals surface area contributed by atoms with Crippen LogP contribution in [0.5, 0.6) is 11.5 Å². The fraction of sp³-hybridized carbons (Fsp3) is 0.400. The Hall–Kier alpha value is -1.49. The third-order valence-electron chi connectivity index (χ3n) is 3.15. The van der Waals surface area contributed by atoms with Gasteiger partial charge in [-0.25, -0.2) is 0 Å². The Morgan fingerprint density at radius 1 is 1.25 bits per heavy atom. The van der Waals surface area contributed by atoms with E-state index in [9.17, 15) is 0 Å². The van der Waals surface area contributed by atoms with Crippen LogP contribution in [0.25, 0.3) is 0 Å². The van der Waals surface area contributed by atoms with E-state index in [1.165, 1.54) is 0 Å². The van der Waals surface area contributed by atoms with Crippen LogP contribution in [0, 0.1) is 0 Å². The van der Waals surface area contributed by atoms with Gasteiger partial charge < -0.3 is 9.47 Å². The second-order valence-electron chi connectivity index (χ2n) is 4.51. The van der Waals surface area contributed by atoms with Crippen LogP contribution in [0.2, 0.25) is 0 Å². The molecule has 1 aromatic heterocycles. The molecule has 0 aliphatic carbocycles. The van der Waals surface area contributed by atoms with Crippen LogP contribution in [0.1, 0.15) is 23.9 Å². The van der Waals surface area contributed by atoms with E-state index < -0.39 is 0 Å². The average molecular weight is 339 g/mol. The van der Waals surface area contributed by atoms with E-state index in [-0.39, 0.29) is 0 Å². The molecule has 20 heavy (non-hydrogen) atoms. The number of hydrogen-bond acceptors (Lipinski definition) is 3. The first-order chi connectivity index (χ1) is 9.67. The summed E-state index contributed by atoms with van der Waals surface area (Å²) < 4.78 is 13.1. The smallest absolute Gasteiger partial charge is 0.161 e. The van der Waals surface area contributed by atoms with E-state index in [0.717, 1.165) is 40.2 Å². The monoisotopic (exact) mass is 338 g/mol. The second-order valence-corrected chi connectivity index (χ2v) is 5.07. The number of hydrogen-bond donors (Lipinski definition) is 0. The van der Waals surface area contributed by atoms with Gasteiger partial charge in [-0.05, 0) is 30.2 Å². The predicted molar refractivity (Wildman–Crippen MR) is 82.5 cm³/mol. The van der Waals surface area contributed by atoms with Gasteiger partial charge in [-0.3, -0.25) is 4.68 Å². The summed E-state index contributed by atoms with van der Waals surface area (Å²) in [4.78, 5) is 0. The molecule has 0 saturated carbocycles. The molecule has 0 unspecified atom stereocenters. The van der Waals surface area contributed by atoms with E-state index in [0.29, 0.717) is 6.61 Å². The standard InChI is InChI=1S/C15H19BrN2O2/c1-4-12-8-13(18(2)17-12)10-20-14-6-5-11(9-16)7-15(14)19-3/h5-8H,4,9-10H2,1-3H3. The number of methoxy groups -OCH3 is 1. The third kappa shape index (κ3) is 3.33. The highest BCUT2D eigenvalue weighted by molar-refractivity contribution is 9.08. The van der Waals surface area contributed by atoms with Gasteiger partial charge in [-0.15, -0.1) is 0 Å². The van der Waals surface area contributed by atoms with E-state index in [2.05, 4.69) is 34.0 Å². The van der Waals surface area contributed by atoms with Gasteiger partial charge >= 0.3 is 0 Å². The van der Waals surface area contributed by atoms with Crippen molar-refractivity contribution in [1.29, 1.82) is 0 Å². The molecule has 1 aromatic carbocycles. The van der Waals surface area contributed by atoms with Crippen LogP contribution in [-0.2, 0) is 25.4 Å². The highest BCUT2D eigenvalue weighted by Crippen LogP contribution is 2.29. The van der Waals surface area contributed by atoms with Crippen molar-refractivity contribution < 1.29 is 9.47 Å². The van der Waals surface area contributed by atoms with Crippen molar-refractivity contribution >= 4 is 15.9 Å². The minimum atomic E-state index is 0.480. The van der Waals surface area contributed by atoms with Gasteiger partial charge in [0, 0.05) is 12.4 Å². The molecule has 0 fully saturated rings. The average Bonchev–Trinajstić information content (AvgIpc) is 2.85. The molecular weight excluding hydrogens is 320 g/mol. The molecule has 1 heterocycles. The van der Waals surface area contributed by atoms with Crippen LogP contribution in [0.15, 0.2) is 24.3 Å². The normalized spacial score (nSPS) is 10.6. The summed E-state index contributed by atoms with van der Waals surface area (Å²) in [5.74, 6) is 1.50. The Balaban J connectivity index is 2.11. The highest BCUT2D eigenvalue weighted by atomic mass is 79.9. The zero-order valence-electron chi connectivity index (χ0n) is 12.0. The first-order valence-corrected chi connectivity index (χ1v) is 7.67. The maximum absolute atomic E-state index is 5.85. The number of nitrogens with zero attached hydrogens (tertiary/aromatic N) is 2. The number of alkyl halides is 1. The number of halogens is 1. The largest absolute Gasteiger partial charge is 0.493 e. The predicted octanol–water partition coefficient (Wildman–Crippen LogP) is 3.47. The Kier molecular flexibility index (Phi) is 5.06. The van der Waals surface area contributed by atoms with Gasteiger partial charge in [0.1, 0.15) is 6.61 Å². The molecule has 0 aliphatic rings. The summed E-state index contributed by atoms with van der Waals surface area (Å²) in [7, 11) is 3.59. The van der Waals surface area contributed by atoms with Crippen molar-refractivity contribution in [3.8, 4) is 11.5 Å². The number of aromatic nitrogens is 2. The fourth-order valence-corrected chi connectivity index (χ4v) is 2.29. The Labute approximate surface area is 127 Å². The topological polar surface area (TPSA) is 36.3 Å². The lowest BCUT2D eigenvalue weighted by Crippen LogP contribution is -2.04. The molecule has 4 nitrogen and oxygen atoms in total. The van der Waals surface area contributed by atoms with Crippen LogP contribution < -0.4 is 9.47 Å². The molecule has 0 atom stereocenters. The molecular formula is C15H19BrN2O2. The zero-order chi connectivity index (χ0) is 14.5. The summed E-state index contributed by atoms with van der Waals surface area (Å²) in [5, 5.41) is 5.21. The lowest BCUT2D eigenvalue weighted by Gasteiger charge is -2.11. The highest BCUT2D eigenvalue weighted by Gasteiger charge is 2.08. The van der Waals surface area contributed by atoms with E-state index >= 15 is 0 Å². The summed E-state index contributed by atoms with van der Waals surface area (Å²) in [6.45, 7) is 2.57. The molecule has 5 heteroatoms. The van der Waals surface area contributed by atoms with E-state index in [4.69, 9.17) is 9.47 Å². The Bertz CT molecular complexity index is 581. The number of aryl methyl sites for hydroxylation is 2. The van der Waals surface area contributed by atoms with Crippen molar-refractivity contribution in [3.63, 3.8) is 0 Å². The maximum atomic E-state index is 5.85. The Morgan fingerprint density at radius 3 is 2.65 bits per heavy atom. The van der Waals surface area contributed by atoms with E-state index in [1.54, 1.807) is 7.11 Å². The molecule has 0 radical (unpaired) electrons. The lowest BCUT2D eigenvalue weighted by atomic mass is 10.2. The van der Waals surface area contributed by atoms with Crippen LogP contribution in [0.4, 0.5) is 0 Å². The van der Waals surface area contributed by atoms with E-state index in [1.807, 2.05) is 29.9 Å². The zero-order valence-corrected chi connectivity index (χ0v) is 13.6. The molecule has 2 rings (SSSR count). The fourth-order valence-electron chi connectivity index (χ4n) is 1.95. The molecule has 0 spiro atoms. The molecule has 0 aliphatic heterocycles. The molecule has 2 aromatic rings. The SMILES string of the molecule is CCc1cc(COc2ccc(CBr)cc2OC)n(C)n1. The van der Waals surface area contributed by atoms with Gasteiger partial charge in [-0.2, -0.15) is 5.10 Å². The minimum absolute atomic E-state index is 0.480. The number of rotatable bonds is 6. The quantitative estimate of drug-likeness (QED) is 0.756. The van der Waals surface area contributed by atoms with Gasteiger partial charge in [0.2, 0.25) is 0 Å². The summed E-state index contributed by atoms with van der Waals surface area (Å²) >= 11 is 3.43. The molecule has 0 N–H and O–H groups in total. The van der Waals surface area contributed by atoms with Crippen molar-refractivity contribution in [2.75, 3.05) is 7.11 Å². The Morgan fingerprint density at radius 2 is 2.05 bits per heavy atom. The van der Waals surface area contributed by atoms with Gasteiger partial charge in [0.05, 0.1) is 18.5 Å². The van der Waals surface area contributed by atoms with Crippen molar-refractivity contribution in [2.45, 2.75) is 25.3 Å². The number of ether oxygens (including phenoxy) is 2.